The largest absolute Gasteiger partial charge is 0.481 e. The van der Waals surface area contributed by atoms with Crippen molar-refractivity contribution in [1.29, 1.82) is 0 Å². The van der Waals surface area contributed by atoms with Crippen LogP contribution in [0.5, 0.6) is 0 Å². The van der Waals surface area contributed by atoms with Crippen molar-refractivity contribution >= 4 is 17.5 Å². The highest BCUT2D eigenvalue weighted by Gasteiger charge is 2.43. The van der Waals surface area contributed by atoms with Gasteiger partial charge < -0.3 is 10.0 Å². The molecule has 0 saturated carbocycles. The summed E-state index contributed by atoms with van der Waals surface area (Å²) in [5.41, 5.74) is -0.123. The molecule has 1 N–H and O–H groups in total. The zero-order valence-electron chi connectivity index (χ0n) is 15.2. The van der Waals surface area contributed by atoms with E-state index in [0.717, 1.165) is 10.2 Å². The van der Waals surface area contributed by atoms with Crippen molar-refractivity contribution < 1.29 is 14.7 Å². The summed E-state index contributed by atoms with van der Waals surface area (Å²) in [6, 6.07) is 14.3. The second-order valence-corrected chi connectivity index (χ2v) is 7.00. The van der Waals surface area contributed by atoms with Gasteiger partial charge in [-0.25, -0.2) is 9.48 Å². The molecule has 1 fully saturated rings. The topological polar surface area (TPSA) is 96.9 Å². The maximum atomic E-state index is 12.7. The Morgan fingerprint density at radius 3 is 2.36 bits per heavy atom. The van der Waals surface area contributed by atoms with Gasteiger partial charge in [-0.1, -0.05) is 36.4 Å². The second-order valence-electron chi connectivity index (χ2n) is 7.00. The number of fused-ring (bicyclic) bond motifs is 1. The maximum Gasteiger partial charge on any atom is 0.350 e. The van der Waals surface area contributed by atoms with E-state index in [-0.39, 0.29) is 18.1 Å². The lowest BCUT2D eigenvalue weighted by molar-refractivity contribution is -0.148. The number of benzene rings is 1. The number of aromatic nitrogens is 3. The Morgan fingerprint density at radius 2 is 1.71 bits per heavy atom. The van der Waals surface area contributed by atoms with Gasteiger partial charge in [-0.05, 0) is 30.5 Å². The van der Waals surface area contributed by atoms with Gasteiger partial charge in [-0.3, -0.25) is 14.0 Å². The molecule has 0 atom stereocenters. The average Bonchev–Trinajstić information content (AvgIpc) is 3.04. The van der Waals surface area contributed by atoms with Gasteiger partial charge in [0.2, 0.25) is 5.91 Å². The number of aliphatic carboxylic acids is 1. The van der Waals surface area contributed by atoms with Crippen molar-refractivity contribution in [3.63, 3.8) is 0 Å². The molecule has 3 heterocycles. The van der Waals surface area contributed by atoms with Gasteiger partial charge in [0.15, 0.2) is 5.65 Å². The van der Waals surface area contributed by atoms with E-state index in [4.69, 9.17) is 0 Å². The van der Waals surface area contributed by atoms with Gasteiger partial charge >= 0.3 is 11.7 Å². The zero-order valence-corrected chi connectivity index (χ0v) is 15.2. The van der Waals surface area contributed by atoms with E-state index < -0.39 is 11.4 Å². The Balaban J connectivity index is 1.50. The molecule has 1 saturated heterocycles. The Bertz CT molecular complexity index is 1080. The first-order valence-electron chi connectivity index (χ1n) is 9.12. The summed E-state index contributed by atoms with van der Waals surface area (Å²) in [6.07, 6.45) is 2.27. The van der Waals surface area contributed by atoms with Crippen LogP contribution in [0.3, 0.4) is 0 Å². The van der Waals surface area contributed by atoms with Crippen LogP contribution in [0.15, 0.2) is 59.5 Å². The minimum Gasteiger partial charge on any atom is -0.481 e. The van der Waals surface area contributed by atoms with Gasteiger partial charge in [0.1, 0.15) is 6.54 Å². The van der Waals surface area contributed by atoms with Gasteiger partial charge in [0.05, 0.1) is 5.41 Å². The fourth-order valence-electron chi connectivity index (χ4n) is 3.82. The summed E-state index contributed by atoms with van der Waals surface area (Å²) in [6.45, 7) is 0.482. The molecule has 28 heavy (non-hydrogen) atoms. The third-order valence-electron chi connectivity index (χ3n) is 5.48. The van der Waals surface area contributed by atoms with Crippen molar-refractivity contribution in [1.82, 2.24) is 19.1 Å². The minimum atomic E-state index is -0.988. The third-order valence-corrected chi connectivity index (χ3v) is 5.48. The molecule has 144 valence electrons. The fourth-order valence-corrected chi connectivity index (χ4v) is 3.82. The molecule has 1 amide bonds. The SMILES string of the molecule is O=C(Cn1nc2ccccn2c1=O)N1CCC(C(=O)O)(c2ccccc2)CC1. The highest BCUT2D eigenvalue weighted by molar-refractivity contribution is 5.82. The number of piperidine rings is 1. The maximum absolute atomic E-state index is 12.7. The normalized spacial score (nSPS) is 16.2. The Morgan fingerprint density at radius 1 is 1.04 bits per heavy atom. The van der Waals surface area contributed by atoms with Crippen LogP contribution in [0.25, 0.3) is 5.65 Å². The molecule has 2 aromatic heterocycles. The molecule has 0 unspecified atom stereocenters. The van der Waals surface area contributed by atoms with E-state index in [1.54, 1.807) is 29.3 Å². The second kappa shape index (κ2) is 6.95. The first-order chi connectivity index (χ1) is 13.5. The molecule has 1 aromatic carbocycles. The first kappa shape index (κ1) is 18.0. The summed E-state index contributed by atoms with van der Waals surface area (Å²) in [5, 5.41) is 14.0. The summed E-state index contributed by atoms with van der Waals surface area (Å²) in [7, 11) is 0. The number of amides is 1. The van der Waals surface area contributed by atoms with Gasteiger partial charge in [0.25, 0.3) is 0 Å². The van der Waals surface area contributed by atoms with E-state index in [9.17, 15) is 19.5 Å². The number of carbonyl (C=O) groups is 2. The fraction of sp³-hybridized carbons (Fsp3) is 0.300. The molecule has 4 rings (SSSR count). The van der Waals surface area contributed by atoms with Crippen LogP contribution in [0.1, 0.15) is 18.4 Å². The molecule has 8 nitrogen and oxygen atoms in total. The van der Waals surface area contributed by atoms with E-state index in [1.807, 2.05) is 30.3 Å². The molecule has 0 radical (unpaired) electrons. The van der Waals surface area contributed by atoms with Crippen LogP contribution in [-0.4, -0.2) is 49.2 Å². The summed E-state index contributed by atoms with van der Waals surface area (Å²) >= 11 is 0. The number of hydrogen-bond acceptors (Lipinski definition) is 4. The smallest absolute Gasteiger partial charge is 0.350 e. The summed E-state index contributed by atoms with van der Waals surface area (Å²) in [5.74, 6) is -1.11. The van der Waals surface area contributed by atoms with Crippen molar-refractivity contribution in [2.24, 2.45) is 0 Å². The molecular formula is C20H20N4O4. The average molecular weight is 380 g/mol. The van der Waals surface area contributed by atoms with E-state index in [0.29, 0.717) is 31.6 Å². The van der Waals surface area contributed by atoms with E-state index in [1.165, 1.54) is 4.40 Å². The quantitative estimate of drug-likeness (QED) is 0.732. The number of nitrogens with zero attached hydrogens (tertiary/aromatic N) is 4. The number of pyridine rings is 1. The van der Waals surface area contributed by atoms with Crippen LogP contribution in [0, 0.1) is 0 Å². The lowest BCUT2D eigenvalue weighted by atomic mass is 9.73. The van der Waals surface area contributed by atoms with Gasteiger partial charge in [-0.15, -0.1) is 5.10 Å². The Kier molecular flexibility index (Phi) is 4.46. The highest BCUT2D eigenvalue weighted by Crippen LogP contribution is 2.35. The van der Waals surface area contributed by atoms with Crippen molar-refractivity contribution in [3.8, 4) is 0 Å². The van der Waals surface area contributed by atoms with Crippen molar-refractivity contribution in [3.05, 3.63) is 70.8 Å². The minimum absolute atomic E-state index is 0.161. The molecule has 0 aliphatic carbocycles. The lowest BCUT2D eigenvalue weighted by Gasteiger charge is -2.39. The zero-order chi connectivity index (χ0) is 19.7. The Hall–Kier alpha value is -3.42. The van der Waals surface area contributed by atoms with Crippen LogP contribution >= 0.6 is 0 Å². The van der Waals surface area contributed by atoms with Crippen LogP contribution in [0.4, 0.5) is 0 Å². The number of carbonyl (C=O) groups excluding carboxylic acids is 1. The third kappa shape index (κ3) is 2.96. The molecule has 0 bridgehead atoms. The van der Waals surface area contributed by atoms with Crippen LogP contribution < -0.4 is 5.69 Å². The predicted molar refractivity (Wildman–Crippen MR) is 101 cm³/mol. The van der Waals surface area contributed by atoms with E-state index >= 15 is 0 Å². The molecular weight excluding hydrogens is 360 g/mol. The number of carboxylic acids is 1. The summed E-state index contributed by atoms with van der Waals surface area (Å²) < 4.78 is 2.53. The number of likely N-dealkylation sites (tertiary alicyclic amines) is 1. The number of carboxylic acid groups (broad SMARTS) is 1. The lowest BCUT2D eigenvalue weighted by Crippen LogP contribution is -2.50. The number of hydrogen-bond donors (Lipinski definition) is 1. The first-order valence-corrected chi connectivity index (χ1v) is 9.12. The van der Waals surface area contributed by atoms with Gasteiger partial charge in [0, 0.05) is 19.3 Å². The Labute approximate surface area is 160 Å². The van der Waals surface area contributed by atoms with E-state index in [2.05, 4.69) is 5.10 Å². The van der Waals surface area contributed by atoms with Crippen LogP contribution in [0.2, 0.25) is 0 Å². The molecule has 1 aliphatic rings. The van der Waals surface area contributed by atoms with Crippen LogP contribution in [-0.2, 0) is 21.5 Å². The van der Waals surface area contributed by atoms with Gasteiger partial charge in [-0.2, -0.15) is 0 Å². The standard InChI is InChI=1S/C20H20N4O4/c25-17(14-24-19(28)23-11-5-4-8-16(23)21-24)22-12-9-20(10-13-22,18(26)27)15-6-2-1-3-7-15/h1-8,11H,9-10,12-14H2,(H,26,27). The molecule has 3 aromatic rings. The van der Waals surface area contributed by atoms with Crippen molar-refractivity contribution in [2.75, 3.05) is 13.1 Å². The predicted octanol–water partition coefficient (Wildman–Crippen LogP) is 1.14. The molecule has 1 aliphatic heterocycles. The highest BCUT2D eigenvalue weighted by atomic mass is 16.4. The van der Waals surface area contributed by atoms with Crippen molar-refractivity contribution in [2.45, 2.75) is 24.8 Å². The number of rotatable bonds is 4. The molecule has 8 heteroatoms. The molecule has 0 spiro atoms. The summed E-state index contributed by atoms with van der Waals surface area (Å²) in [4.78, 5) is 38.7. The monoisotopic (exact) mass is 380 g/mol.